The van der Waals surface area contributed by atoms with E-state index in [1.807, 2.05) is 0 Å². The number of benzene rings is 1. The molecule has 1 aliphatic heterocycles. The van der Waals surface area contributed by atoms with Crippen molar-refractivity contribution in [1.82, 2.24) is 4.72 Å². The lowest BCUT2D eigenvalue weighted by atomic mass is 10.2. The molecule has 0 aliphatic carbocycles. The van der Waals surface area contributed by atoms with E-state index in [0.717, 1.165) is 24.3 Å². The first-order valence-electron chi connectivity index (χ1n) is 5.98. The molecule has 3 N–H and O–H groups in total. The van der Waals surface area contributed by atoms with E-state index >= 15 is 0 Å². The second-order valence-electron chi connectivity index (χ2n) is 4.49. The zero-order chi connectivity index (χ0) is 13.0. The van der Waals surface area contributed by atoms with Gasteiger partial charge in [0.05, 0.1) is 5.75 Å². The van der Waals surface area contributed by atoms with E-state index in [9.17, 15) is 8.42 Å². The second-order valence-corrected chi connectivity index (χ2v) is 7.39. The Hall–Kier alpha value is -0.720. The predicted octanol–water partition coefficient (Wildman–Crippen LogP) is 1.58. The highest BCUT2D eigenvalue weighted by Crippen LogP contribution is 2.19. The van der Waals surface area contributed by atoms with Crippen LogP contribution in [0.3, 0.4) is 0 Å². The summed E-state index contributed by atoms with van der Waals surface area (Å²) >= 11 is 1.80. The SMILES string of the molecule is Nc1ccccc1CS(=O)(=O)NC1CCCSC1. The van der Waals surface area contributed by atoms with Gasteiger partial charge in [-0.15, -0.1) is 0 Å². The molecule has 100 valence electrons. The molecule has 1 atom stereocenters. The van der Waals surface area contributed by atoms with Crippen LogP contribution in [0.4, 0.5) is 5.69 Å². The van der Waals surface area contributed by atoms with Crippen molar-refractivity contribution < 1.29 is 8.42 Å². The van der Waals surface area contributed by atoms with E-state index in [1.54, 1.807) is 36.0 Å². The molecule has 0 amide bonds. The van der Waals surface area contributed by atoms with E-state index in [4.69, 9.17) is 5.73 Å². The first-order chi connectivity index (χ1) is 8.57. The molecule has 1 aromatic carbocycles. The Morgan fingerprint density at radius 1 is 1.39 bits per heavy atom. The monoisotopic (exact) mass is 286 g/mol. The Balaban J connectivity index is 2.01. The fourth-order valence-electron chi connectivity index (χ4n) is 2.00. The minimum atomic E-state index is -3.30. The number of nitrogens with one attached hydrogen (secondary N) is 1. The van der Waals surface area contributed by atoms with Gasteiger partial charge in [0, 0.05) is 17.5 Å². The van der Waals surface area contributed by atoms with Crippen LogP contribution in [0, 0.1) is 0 Å². The molecule has 0 radical (unpaired) electrons. The number of hydrogen-bond donors (Lipinski definition) is 2. The minimum absolute atomic E-state index is 0.0408. The maximum Gasteiger partial charge on any atom is 0.216 e. The lowest BCUT2D eigenvalue weighted by Crippen LogP contribution is -2.39. The van der Waals surface area contributed by atoms with Crippen LogP contribution >= 0.6 is 11.8 Å². The number of para-hydroxylation sites is 1. The van der Waals surface area contributed by atoms with Gasteiger partial charge in [0.2, 0.25) is 10.0 Å². The van der Waals surface area contributed by atoms with Gasteiger partial charge in [-0.3, -0.25) is 0 Å². The van der Waals surface area contributed by atoms with Gasteiger partial charge in [-0.1, -0.05) is 18.2 Å². The van der Waals surface area contributed by atoms with Crippen LogP contribution in [0.25, 0.3) is 0 Å². The fraction of sp³-hybridized carbons (Fsp3) is 0.500. The Morgan fingerprint density at radius 2 is 2.17 bits per heavy atom. The van der Waals surface area contributed by atoms with Gasteiger partial charge in [-0.25, -0.2) is 13.1 Å². The topological polar surface area (TPSA) is 72.2 Å². The number of sulfonamides is 1. The van der Waals surface area contributed by atoms with E-state index in [2.05, 4.69) is 4.72 Å². The summed E-state index contributed by atoms with van der Waals surface area (Å²) < 4.78 is 26.9. The van der Waals surface area contributed by atoms with Gasteiger partial charge in [0.15, 0.2) is 0 Å². The number of nitrogens with two attached hydrogens (primary N) is 1. The van der Waals surface area contributed by atoms with Gasteiger partial charge in [0.1, 0.15) is 0 Å². The van der Waals surface area contributed by atoms with Crippen LogP contribution in [0.2, 0.25) is 0 Å². The van der Waals surface area contributed by atoms with Crippen molar-refractivity contribution in [3.05, 3.63) is 29.8 Å². The van der Waals surface area contributed by atoms with Crippen molar-refractivity contribution in [2.75, 3.05) is 17.2 Å². The van der Waals surface area contributed by atoms with Gasteiger partial charge >= 0.3 is 0 Å². The Morgan fingerprint density at radius 3 is 2.83 bits per heavy atom. The normalized spacial score (nSPS) is 20.8. The van der Waals surface area contributed by atoms with E-state index in [-0.39, 0.29) is 11.8 Å². The Bertz CT molecular complexity index is 497. The standard InChI is InChI=1S/C12H18N2O2S2/c13-12-6-2-1-4-10(12)9-18(15,16)14-11-5-3-7-17-8-11/h1-2,4,6,11,14H,3,5,7-9,13H2. The van der Waals surface area contributed by atoms with Crippen LogP contribution in [0.5, 0.6) is 0 Å². The van der Waals surface area contributed by atoms with Crippen LogP contribution < -0.4 is 10.5 Å². The molecule has 0 bridgehead atoms. The number of hydrogen-bond acceptors (Lipinski definition) is 4. The Kier molecular flexibility index (Phi) is 4.53. The van der Waals surface area contributed by atoms with Gasteiger partial charge in [-0.2, -0.15) is 11.8 Å². The van der Waals surface area contributed by atoms with Gasteiger partial charge in [-0.05, 0) is 30.2 Å². The lowest BCUT2D eigenvalue weighted by Gasteiger charge is -2.22. The molecule has 6 heteroatoms. The van der Waals surface area contributed by atoms with Crippen LogP contribution in [-0.2, 0) is 15.8 Å². The molecule has 0 aromatic heterocycles. The van der Waals surface area contributed by atoms with Crippen LogP contribution in [0.1, 0.15) is 18.4 Å². The Labute approximate surface area is 112 Å². The third-order valence-electron chi connectivity index (χ3n) is 2.91. The summed E-state index contributed by atoms with van der Waals surface area (Å²) in [7, 11) is -3.30. The van der Waals surface area contributed by atoms with Crippen LogP contribution in [0.15, 0.2) is 24.3 Å². The summed E-state index contributed by atoms with van der Waals surface area (Å²) in [6.45, 7) is 0. The average Bonchev–Trinajstić information content (AvgIpc) is 2.32. The summed E-state index contributed by atoms with van der Waals surface area (Å²) in [6.07, 6.45) is 2.00. The minimum Gasteiger partial charge on any atom is -0.398 e. The second kappa shape index (κ2) is 5.95. The highest BCUT2D eigenvalue weighted by molar-refractivity contribution is 7.99. The zero-order valence-electron chi connectivity index (χ0n) is 10.1. The highest BCUT2D eigenvalue weighted by Gasteiger charge is 2.21. The molecule has 1 saturated heterocycles. The fourth-order valence-corrected chi connectivity index (χ4v) is 4.64. The van der Waals surface area contributed by atoms with E-state index in [1.165, 1.54) is 0 Å². The van der Waals surface area contributed by atoms with Crippen molar-refractivity contribution in [2.24, 2.45) is 0 Å². The molecule has 18 heavy (non-hydrogen) atoms. The maximum absolute atomic E-state index is 12.0. The lowest BCUT2D eigenvalue weighted by molar-refractivity contribution is 0.542. The van der Waals surface area contributed by atoms with Crippen molar-refractivity contribution in [3.8, 4) is 0 Å². The largest absolute Gasteiger partial charge is 0.398 e. The predicted molar refractivity (Wildman–Crippen MR) is 77.0 cm³/mol. The molecule has 1 heterocycles. The number of thioether (sulfide) groups is 1. The quantitative estimate of drug-likeness (QED) is 0.824. The summed E-state index contributed by atoms with van der Waals surface area (Å²) in [6, 6.07) is 7.15. The van der Waals surface area contributed by atoms with Crippen LogP contribution in [-0.4, -0.2) is 26.0 Å². The molecule has 0 saturated carbocycles. The average molecular weight is 286 g/mol. The molecule has 1 fully saturated rings. The van der Waals surface area contributed by atoms with Crippen molar-refractivity contribution in [2.45, 2.75) is 24.6 Å². The molecule has 1 unspecified atom stereocenters. The van der Waals surface area contributed by atoms with E-state index < -0.39 is 10.0 Å². The molecule has 1 aromatic rings. The summed E-state index contributed by atoms with van der Waals surface area (Å²) in [5, 5.41) is 0. The zero-order valence-corrected chi connectivity index (χ0v) is 11.8. The smallest absolute Gasteiger partial charge is 0.216 e. The summed E-state index contributed by atoms with van der Waals surface area (Å²) in [4.78, 5) is 0. The van der Waals surface area contributed by atoms with Crippen molar-refractivity contribution in [1.29, 1.82) is 0 Å². The maximum atomic E-state index is 12.0. The molecule has 0 spiro atoms. The third kappa shape index (κ3) is 3.90. The first kappa shape index (κ1) is 13.7. The van der Waals surface area contributed by atoms with E-state index in [0.29, 0.717) is 11.3 Å². The first-order valence-corrected chi connectivity index (χ1v) is 8.79. The van der Waals surface area contributed by atoms with Crippen molar-refractivity contribution >= 4 is 27.5 Å². The molecular weight excluding hydrogens is 268 g/mol. The van der Waals surface area contributed by atoms with Gasteiger partial charge in [0.25, 0.3) is 0 Å². The third-order valence-corrected chi connectivity index (χ3v) is 5.51. The van der Waals surface area contributed by atoms with Crippen molar-refractivity contribution in [3.63, 3.8) is 0 Å². The molecule has 4 nitrogen and oxygen atoms in total. The number of anilines is 1. The molecule has 2 rings (SSSR count). The highest BCUT2D eigenvalue weighted by atomic mass is 32.2. The summed E-state index contributed by atoms with van der Waals surface area (Å²) in [5.74, 6) is 1.95. The molecule has 1 aliphatic rings. The molecular formula is C12H18N2O2S2. The van der Waals surface area contributed by atoms with Gasteiger partial charge < -0.3 is 5.73 Å². The summed E-state index contributed by atoms with van der Waals surface area (Å²) in [5.41, 5.74) is 6.95. The number of nitrogen functional groups attached to an aromatic ring is 1. The number of rotatable bonds is 4.